The van der Waals surface area contributed by atoms with Crippen molar-refractivity contribution in [3.8, 4) is 0 Å². The second-order valence-corrected chi connectivity index (χ2v) is 8.61. The van der Waals surface area contributed by atoms with Crippen molar-refractivity contribution in [2.75, 3.05) is 18.4 Å². The molecule has 3 aliphatic rings. The standard InChI is InChI=1S/C22H31N3O2/c1-15-8-9-16(2)25(15)20-7-4-12-24(14-20)22(27)18-5-3-6-19(13-18)23-21(26)17-10-11-17/h3,5-6,13,15-17,20H,4,7-12,14H2,1-2H3,(H,23,26)/t15-,16-,20-/m1/s1. The van der Waals surface area contributed by atoms with Crippen LogP contribution in [0.2, 0.25) is 0 Å². The average Bonchev–Trinajstić information content (AvgIpc) is 3.47. The number of anilines is 1. The van der Waals surface area contributed by atoms with Gasteiger partial charge in [-0.3, -0.25) is 14.5 Å². The van der Waals surface area contributed by atoms with E-state index in [1.807, 2.05) is 29.2 Å². The molecule has 3 fully saturated rings. The molecule has 0 bridgehead atoms. The van der Waals surface area contributed by atoms with Gasteiger partial charge in [0.2, 0.25) is 5.91 Å². The molecule has 146 valence electrons. The van der Waals surface area contributed by atoms with Gasteiger partial charge in [-0.25, -0.2) is 0 Å². The first-order chi connectivity index (χ1) is 13.0. The predicted octanol–water partition coefficient (Wildman–Crippen LogP) is 3.51. The number of amides is 2. The Labute approximate surface area is 162 Å². The van der Waals surface area contributed by atoms with Crippen LogP contribution in [0, 0.1) is 5.92 Å². The van der Waals surface area contributed by atoms with E-state index in [9.17, 15) is 9.59 Å². The lowest BCUT2D eigenvalue weighted by Crippen LogP contribution is -2.52. The molecule has 0 aromatic heterocycles. The Kier molecular flexibility index (Phi) is 5.22. The van der Waals surface area contributed by atoms with Gasteiger partial charge in [-0.05, 0) is 70.6 Å². The Morgan fingerprint density at radius 3 is 2.48 bits per heavy atom. The fraction of sp³-hybridized carbons (Fsp3) is 0.636. The van der Waals surface area contributed by atoms with Crippen LogP contribution in [0.1, 0.15) is 62.7 Å². The van der Waals surface area contributed by atoms with Crippen molar-refractivity contribution in [3.63, 3.8) is 0 Å². The van der Waals surface area contributed by atoms with Crippen LogP contribution in [0.15, 0.2) is 24.3 Å². The molecule has 1 N–H and O–H groups in total. The molecule has 1 aliphatic carbocycles. The zero-order valence-electron chi connectivity index (χ0n) is 16.5. The lowest BCUT2D eigenvalue weighted by molar-refractivity contribution is -0.117. The molecule has 3 atom stereocenters. The van der Waals surface area contributed by atoms with Gasteiger partial charge in [-0.1, -0.05) is 6.07 Å². The zero-order valence-corrected chi connectivity index (χ0v) is 16.5. The number of likely N-dealkylation sites (tertiary alicyclic amines) is 2. The molecular weight excluding hydrogens is 338 g/mol. The maximum absolute atomic E-state index is 13.1. The summed E-state index contributed by atoms with van der Waals surface area (Å²) in [5, 5.41) is 2.95. The van der Waals surface area contributed by atoms with E-state index in [1.165, 1.54) is 19.3 Å². The molecule has 2 aliphatic heterocycles. The number of hydrogen-bond acceptors (Lipinski definition) is 3. The van der Waals surface area contributed by atoms with E-state index >= 15 is 0 Å². The third-order valence-corrected chi connectivity index (χ3v) is 6.45. The third-order valence-electron chi connectivity index (χ3n) is 6.45. The Hall–Kier alpha value is -1.88. The van der Waals surface area contributed by atoms with Gasteiger partial charge in [0.25, 0.3) is 5.91 Å². The number of benzene rings is 1. The number of hydrogen-bond donors (Lipinski definition) is 1. The normalized spacial score (nSPS) is 29.0. The number of piperidine rings is 1. The number of nitrogens with one attached hydrogen (secondary N) is 1. The molecule has 1 aromatic carbocycles. The van der Waals surface area contributed by atoms with Crippen molar-refractivity contribution in [1.29, 1.82) is 0 Å². The monoisotopic (exact) mass is 369 g/mol. The van der Waals surface area contributed by atoms with Crippen molar-refractivity contribution < 1.29 is 9.59 Å². The molecule has 4 rings (SSSR count). The molecule has 0 radical (unpaired) electrons. The number of carbonyl (C=O) groups excluding carboxylic acids is 2. The minimum atomic E-state index is 0.0784. The molecular formula is C22H31N3O2. The van der Waals surface area contributed by atoms with Crippen molar-refractivity contribution >= 4 is 17.5 Å². The molecule has 1 saturated carbocycles. The first kappa shape index (κ1) is 18.5. The number of nitrogens with zero attached hydrogens (tertiary/aromatic N) is 2. The maximum Gasteiger partial charge on any atom is 0.253 e. The summed E-state index contributed by atoms with van der Waals surface area (Å²) in [6.45, 7) is 6.27. The Balaban J connectivity index is 1.43. The van der Waals surface area contributed by atoms with Gasteiger partial charge in [0.05, 0.1) is 0 Å². The van der Waals surface area contributed by atoms with Crippen LogP contribution in [0.4, 0.5) is 5.69 Å². The minimum Gasteiger partial charge on any atom is -0.337 e. The minimum absolute atomic E-state index is 0.0784. The highest BCUT2D eigenvalue weighted by Crippen LogP contribution is 2.31. The summed E-state index contributed by atoms with van der Waals surface area (Å²) < 4.78 is 0. The van der Waals surface area contributed by atoms with E-state index < -0.39 is 0 Å². The second-order valence-electron chi connectivity index (χ2n) is 8.61. The SMILES string of the molecule is C[C@@H]1CC[C@@H](C)N1[C@@H]1CCCN(C(=O)c2cccc(NC(=O)C3CC3)c2)C1. The summed E-state index contributed by atoms with van der Waals surface area (Å²) in [5.74, 6) is 0.327. The van der Waals surface area contributed by atoms with Gasteiger partial charge in [0, 0.05) is 48.4 Å². The van der Waals surface area contributed by atoms with Gasteiger partial charge in [-0.15, -0.1) is 0 Å². The third kappa shape index (κ3) is 4.03. The Morgan fingerprint density at radius 2 is 1.78 bits per heavy atom. The van der Waals surface area contributed by atoms with Crippen LogP contribution >= 0.6 is 0 Å². The van der Waals surface area contributed by atoms with Gasteiger partial charge in [0.1, 0.15) is 0 Å². The van der Waals surface area contributed by atoms with E-state index in [0.29, 0.717) is 23.7 Å². The van der Waals surface area contributed by atoms with E-state index in [-0.39, 0.29) is 17.7 Å². The van der Waals surface area contributed by atoms with Crippen molar-refractivity contribution in [2.24, 2.45) is 5.92 Å². The van der Waals surface area contributed by atoms with Gasteiger partial charge in [-0.2, -0.15) is 0 Å². The predicted molar refractivity (Wildman–Crippen MR) is 107 cm³/mol. The molecule has 2 amide bonds. The van der Waals surface area contributed by atoms with Crippen LogP contribution in [0.5, 0.6) is 0 Å². The molecule has 5 heteroatoms. The molecule has 5 nitrogen and oxygen atoms in total. The molecule has 0 spiro atoms. The highest BCUT2D eigenvalue weighted by atomic mass is 16.2. The lowest BCUT2D eigenvalue weighted by atomic mass is 10.0. The fourth-order valence-electron chi connectivity index (χ4n) is 4.82. The van der Waals surface area contributed by atoms with Crippen LogP contribution < -0.4 is 5.32 Å². The van der Waals surface area contributed by atoms with E-state index in [2.05, 4.69) is 24.1 Å². The van der Waals surface area contributed by atoms with Crippen molar-refractivity contribution in [3.05, 3.63) is 29.8 Å². The highest BCUT2D eigenvalue weighted by molar-refractivity contribution is 5.98. The van der Waals surface area contributed by atoms with Crippen LogP contribution in [-0.4, -0.2) is 52.8 Å². The topological polar surface area (TPSA) is 52.6 Å². The summed E-state index contributed by atoms with van der Waals surface area (Å²) in [5.41, 5.74) is 1.40. The fourth-order valence-corrected chi connectivity index (χ4v) is 4.82. The quantitative estimate of drug-likeness (QED) is 0.884. The van der Waals surface area contributed by atoms with Crippen molar-refractivity contribution in [2.45, 2.75) is 70.5 Å². The number of carbonyl (C=O) groups is 2. The van der Waals surface area contributed by atoms with Gasteiger partial charge < -0.3 is 10.2 Å². The largest absolute Gasteiger partial charge is 0.337 e. The van der Waals surface area contributed by atoms with Gasteiger partial charge >= 0.3 is 0 Å². The molecule has 2 heterocycles. The molecule has 2 saturated heterocycles. The first-order valence-electron chi connectivity index (χ1n) is 10.5. The number of rotatable bonds is 4. The second kappa shape index (κ2) is 7.63. The van der Waals surface area contributed by atoms with Crippen molar-refractivity contribution in [1.82, 2.24) is 9.80 Å². The van der Waals surface area contributed by atoms with E-state index in [4.69, 9.17) is 0 Å². The smallest absolute Gasteiger partial charge is 0.253 e. The summed E-state index contributed by atoms with van der Waals surface area (Å²) in [6.07, 6.45) is 6.71. The Morgan fingerprint density at radius 1 is 1.04 bits per heavy atom. The summed E-state index contributed by atoms with van der Waals surface area (Å²) in [6, 6.07) is 9.11. The Bertz CT molecular complexity index is 705. The van der Waals surface area contributed by atoms with Gasteiger partial charge in [0.15, 0.2) is 0 Å². The molecule has 0 unspecified atom stereocenters. The zero-order chi connectivity index (χ0) is 19.0. The molecule has 27 heavy (non-hydrogen) atoms. The lowest BCUT2D eigenvalue weighted by Gasteiger charge is -2.41. The molecule has 1 aromatic rings. The van der Waals surface area contributed by atoms with Crippen LogP contribution in [-0.2, 0) is 4.79 Å². The summed E-state index contributed by atoms with van der Waals surface area (Å²) in [4.78, 5) is 29.7. The first-order valence-corrected chi connectivity index (χ1v) is 10.5. The van der Waals surface area contributed by atoms with Crippen LogP contribution in [0.3, 0.4) is 0 Å². The highest BCUT2D eigenvalue weighted by Gasteiger charge is 2.36. The maximum atomic E-state index is 13.1. The van der Waals surface area contributed by atoms with E-state index in [0.717, 1.165) is 38.0 Å². The summed E-state index contributed by atoms with van der Waals surface area (Å²) in [7, 11) is 0. The van der Waals surface area contributed by atoms with Crippen LogP contribution in [0.25, 0.3) is 0 Å². The average molecular weight is 370 g/mol. The summed E-state index contributed by atoms with van der Waals surface area (Å²) >= 11 is 0. The van der Waals surface area contributed by atoms with E-state index in [1.54, 1.807) is 0 Å².